The summed E-state index contributed by atoms with van der Waals surface area (Å²) in [6.45, 7) is 0. The van der Waals surface area contributed by atoms with Crippen molar-refractivity contribution >= 4 is 34.8 Å². The molecule has 0 aliphatic carbocycles. The van der Waals surface area contributed by atoms with Crippen molar-refractivity contribution in [2.24, 2.45) is 0 Å². The number of allylic oxidation sites excluding steroid dienone is 1. The van der Waals surface area contributed by atoms with Gasteiger partial charge in [-0.05, 0) is 30.4 Å². The van der Waals surface area contributed by atoms with E-state index >= 15 is 0 Å². The van der Waals surface area contributed by atoms with E-state index in [-0.39, 0.29) is 5.78 Å². The van der Waals surface area contributed by atoms with Gasteiger partial charge in [0.1, 0.15) is 0 Å². The predicted molar refractivity (Wildman–Crippen MR) is 88.0 cm³/mol. The van der Waals surface area contributed by atoms with Gasteiger partial charge in [-0.3, -0.25) is 4.79 Å². The van der Waals surface area contributed by atoms with E-state index in [1.165, 1.54) is 17.4 Å². The van der Waals surface area contributed by atoms with Gasteiger partial charge in [-0.15, -0.1) is 11.3 Å². The number of benzene rings is 1. The molecule has 3 aromatic rings. The fourth-order valence-corrected chi connectivity index (χ4v) is 2.70. The molecule has 2 aromatic heterocycles. The second-order valence-electron chi connectivity index (χ2n) is 4.36. The molecular weight excluding hydrogens is 318 g/mol. The molecule has 0 bridgehead atoms. The van der Waals surface area contributed by atoms with Crippen molar-refractivity contribution in [1.82, 2.24) is 15.0 Å². The fraction of sp³-hybridized carbons (Fsp3) is 0. The highest BCUT2D eigenvalue weighted by molar-refractivity contribution is 7.13. The van der Waals surface area contributed by atoms with Crippen LogP contribution in [0.4, 0.5) is 0 Å². The Morgan fingerprint density at radius 3 is 2.77 bits per heavy atom. The van der Waals surface area contributed by atoms with E-state index in [9.17, 15) is 4.79 Å². The van der Waals surface area contributed by atoms with E-state index in [1.807, 2.05) is 5.38 Å². The SMILES string of the molecule is O=C(C=Cc1csc(-c2ncccn2)n1)c1cccc(Cl)c1. The molecule has 3 rings (SSSR count). The number of rotatable bonds is 4. The van der Waals surface area contributed by atoms with Crippen LogP contribution in [0, 0.1) is 0 Å². The summed E-state index contributed by atoms with van der Waals surface area (Å²) in [4.78, 5) is 24.7. The highest BCUT2D eigenvalue weighted by Crippen LogP contribution is 2.20. The molecule has 0 aliphatic rings. The molecule has 2 heterocycles. The molecule has 0 N–H and O–H groups in total. The van der Waals surface area contributed by atoms with E-state index in [0.29, 0.717) is 22.1 Å². The number of ketones is 1. The van der Waals surface area contributed by atoms with Crippen LogP contribution in [0.5, 0.6) is 0 Å². The van der Waals surface area contributed by atoms with Gasteiger partial charge in [-0.1, -0.05) is 23.7 Å². The molecule has 4 nitrogen and oxygen atoms in total. The smallest absolute Gasteiger partial charge is 0.188 e. The molecular formula is C16H10ClN3OS. The van der Waals surface area contributed by atoms with Gasteiger partial charge < -0.3 is 0 Å². The van der Waals surface area contributed by atoms with Crippen LogP contribution in [0.25, 0.3) is 16.9 Å². The van der Waals surface area contributed by atoms with E-state index in [0.717, 1.165) is 5.01 Å². The third-order valence-electron chi connectivity index (χ3n) is 2.79. The topological polar surface area (TPSA) is 55.7 Å². The third kappa shape index (κ3) is 3.44. The maximum atomic E-state index is 12.1. The van der Waals surface area contributed by atoms with Crippen molar-refractivity contribution in [3.8, 4) is 10.8 Å². The summed E-state index contributed by atoms with van der Waals surface area (Å²) >= 11 is 7.31. The van der Waals surface area contributed by atoms with Crippen molar-refractivity contribution in [3.05, 3.63) is 70.5 Å². The quantitative estimate of drug-likeness (QED) is 0.533. The van der Waals surface area contributed by atoms with Crippen molar-refractivity contribution in [2.45, 2.75) is 0 Å². The molecule has 6 heteroatoms. The van der Waals surface area contributed by atoms with E-state index in [1.54, 1.807) is 48.8 Å². The summed E-state index contributed by atoms with van der Waals surface area (Å²) in [5.74, 6) is 0.460. The maximum absolute atomic E-state index is 12.1. The Labute approximate surface area is 136 Å². The minimum atomic E-state index is -0.118. The zero-order valence-corrected chi connectivity index (χ0v) is 12.9. The summed E-state index contributed by atoms with van der Waals surface area (Å²) in [5.41, 5.74) is 1.24. The fourth-order valence-electron chi connectivity index (χ4n) is 1.77. The Kier molecular flexibility index (Phi) is 4.37. The third-order valence-corrected chi connectivity index (χ3v) is 3.89. The lowest BCUT2D eigenvalue weighted by Crippen LogP contribution is -1.93. The lowest BCUT2D eigenvalue weighted by atomic mass is 10.1. The molecule has 0 radical (unpaired) electrons. The van der Waals surface area contributed by atoms with E-state index < -0.39 is 0 Å². The zero-order valence-electron chi connectivity index (χ0n) is 11.3. The van der Waals surface area contributed by atoms with Gasteiger partial charge in [0.2, 0.25) is 0 Å². The first kappa shape index (κ1) is 14.6. The number of thiazole rings is 1. The van der Waals surface area contributed by atoms with Crippen LogP contribution in [0.2, 0.25) is 5.02 Å². The highest BCUT2D eigenvalue weighted by Gasteiger charge is 2.06. The number of aromatic nitrogens is 3. The Bertz CT molecular complexity index is 830. The van der Waals surface area contributed by atoms with Gasteiger partial charge in [-0.2, -0.15) is 0 Å². The Morgan fingerprint density at radius 1 is 1.18 bits per heavy atom. The minimum absolute atomic E-state index is 0.118. The van der Waals surface area contributed by atoms with Crippen LogP contribution in [0.15, 0.2) is 54.2 Å². The van der Waals surface area contributed by atoms with Crippen molar-refractivity contribution < 1.29 is 4.79 Å². The van der Waals surface area contributed by atoms with Gasteiger partial charge in [0.25, 0.3) is 0 Å². The number of carbonyl (C=O) groups excluding carboxylic acids is 1. The largest absolute Gasteiger partial charge is 0.289 e. The van der Waals surface area contributed by atoms with Gasteiger partial charge in [-0.25, -0.2) is 15.0 Å². The summed E-state index contributed by atoms with van der Waals surface area (Å²) in [7, 11) is 0. The van der Waals surface area contributed by atoms with Crippen molar-refractivity contribution in [3.63, 3.8) is 0 Å². The van der Waals surface area contributed by atoms with E-state index in [4.69, 9.17) is 11.6 Å². The Hall–Kier alpha value is -2.37. The molecule has 0 spiro atoms. The monoisotopic (exact) mass is 327 g/mol. The molecule has 0 saturated heterocycles. The Morgan fingerprint density at radius 2 is 2.00 bits per heavy atom. The van der Waals surface area contributed by atoms with Crippen LogP contribution in [-0.4, -0.2) is 20.7 Å². The van der Waals surface area contributed by atoms with Crippen LogP contribution < -0.4 is 0 Å². The summed E-state index contributed by atoms with van der Waals surface area (Å²) < 4.78 is 0. The number of carbonyl (C=O) groups is 1. The Balaban J connectivity index is 1.76. The summed E-state index contributed by atoms with van der Waals surface area (Å²) in [5, 5.41) is 3.11. The first-order valence-corrected chi connectivity index (χ1v) is 7.69. The van der Waals surface area contributed by atoms with Gasteiger partial charge in [0, 0.05) is 28.4 Å². The zero-order chi connectivity index (χ0) is 15.4. The molecule has 1 aromatic carbocycles. The van der Waals surface area contributed by atoms with Crippen LogP contribution in [0.1, 0.15) is 16.1 Å². The molecule has 22 heavy (non-hydrogen) atoms. The van der Waals surface area contributed by atoms with Crippen molar-refractivity contribution in [2.75, 3.05) is 0 Å². The van der Waals surface area contributed by atoms with Crippen LogP contribution in [0.3, 0.4) is 0 Å². The number of halogens is 1. The maximum Gasteiger partial charge on any atom is 0.188 e. The molecule has 108 valence electrons. The normalized spacial score (nSPS) is 11.0. The average Bonchev–Trinajstić information content (AvgIpc) is 3.02. The minimum Gasteiger partial charge on any atom is -0.289 e. The first-order valence-electron chi connectivity index (χ1n) is 6.43. The highest BCUT2D eigenvalue weighted by atomic mass is 35.5. The van der Waals surface area contributed by atoms with Gasteiger partial charge >= 0.3 is 0 Å². The lowest BCUT2D eigenvalue weighted by molar-refractivity contribution is 0.104. The molecule has 0 fully saturated rings. The molecule has 0 saturated carbocycles. The van der Waals surface area contributed by atoms with Gasteiger partial charge in [0.15, 0.2) is 16.6 Å². The molecule has 0 aliphatic heterocycles. The molecule has 0 atom stereocenters. The first-order chi connectivity index (χ1) is 10.7. The standard InChI is InChI=1S/C16H10ClN3OS/c17-12-4-1-3-11(9-12)14(21)6-5-13-10-22-16(20-13)15-18-7-2-8-19-15/h1-10H. The number of nitrogens with zero attached hydrogens (tertiary/aromatic N) is 3. The number of hydrogen-bond donors (Lipinski definition) is 0. The second kappa shape index (κ2) is 6.60. The molecule has 0 unspecified atom stereocenters. The van der Waals surface area contributed by atoms with Gasteiger partial charge in [0.05, 0.1) is 5.69 Å². The molecule has 0 amide bonds. The van der Waals surface area contributed by atoms with Crippen LogP contribution in [-0.2, 0) is 0 Å². The lowest BCUT2D eigenvalue weighted by Gasteiger charge is -1.95. The second-order valence-corrected chi connectivity index (χ2v) is 5.65. The predicted octanol–water partition coefficient (Wildman–Crippen LogP) is 4.15. The van der Waals surface area contributed by atoms with E-state index in [2.05, 4.69) is 15.0 Å². The van der Waals surface area contributed by atoms with Crippen molar-refractivity contribution in [1.29, 1.82) is 0 Å². The number of hydrogen-bond acceptors (Lipinski definition) is 5. The summed E-state index contributed by atoms with van der Waals surface area (Å²) in [6.07, 6.45) is 6.49. The average molecular weight is 328 g/mol. The van der Waals surface area contributed by atoms with Crippen LogP contribution >= 0.6 is 22.9 Å². The summed E-state index contributed by atoms with van der Waals surface area (Å²) in [6, 6.07) is 8.59.